The fraction of sp³-hybridized carbons (Fsp3) is 0.152. The van der Waals surface area contributed by atoms with Crippen molar-refractivity contribution in [2.45, 2.75) is 18.5 Å². The first-order valence-corrected chi connectivity index (χ1v) is 14.1. The molecule has 1 spiro atoms. The van der Waals surface area contributed by atoms with Crippen LogP contribution in [0, 0.1) is 0 Å². The van der Waals surface area contributed by atoms with Gasteiger partial charge in [0.2, 0.25) is 0 Å². The minimum absolute atomic E-state index is 0.312. The van der Waals surface area contributed by atoms with Crippen molar-refractivity contribution in [3.05, 3.63) is 155 Å². The standard InChI is InChI=1S/C33H32FP/c1-4-6-7-19-28-25-30(26(15-5-2)18-14-23-34)29-20-9-11-22-32(29)33(28)31-21-10-8-16-27(31)17-12-13-24-35(33)3/h4-16,18-22,24,35H,2,17,23H2,1,3H3/b6-4-,13-12-,18-14-,19-7-,26-15+. The third-order valence-corrected chi connectivity index (χ3v) is 9.32. The second-order valence-electron chi connectivity index (χ2n) is 8.65. The van der Waals surface area contributed by atoms with E-state index in [-0.39, 0.29) is 5.16 Å². The molecule has 0 radical (unpaired) electrons. The van der Waals surface area contributed by atoms with E-state index in [0.29, 0.717) is 0 Å². The zero-order valence-electron chi connectivity index (χ0n) is 20.5. The third kappa shape index (κ3) is 4.63. The van der Waals surface area contributed by atoms with Crippen LogP contribution in [0.3, 0.4) is 0 Å². The highest BCUT2D eigenvalue weighted by molar-refractivity contribution is 7.58. The summed E-state index contributed by atoms with van der Waals surface area (Å²) in [6.07, 6.45) is 20.9. The summed E-state index contributed by atoms with van der Waals surface area (Å²) >= 11 is 0. The highest BCUT2D eigenvalue weighted by Gasteiger charge is 2.43. The van der Waals surface area contributed by atoms with Gasteiger partial charge >= 0.3 is 0 Å². The summed E-state index contributed by atoms with van der Waals surface area (Å²) in [7, 11) is -1.11. The molecule has 2 aliphatic rings. The van der Waals surface area contributed by atoms with Crippen molar-refractivity contribution in [3.8, 4) is 0 Å². The van der Waals surface area contributed by atoms with Gasteiger partial charge in [0.15, 0.2) is 0 Å². The fourth-order valence-electron chi connectivity index (χ4n) is 5.17. The van der Waals surface area contributed by atoms with Crippen LogP contribution in [0.1, 0.15) is 29.2 Å². The van der Waals surface area contributed by atoms with Crippen molar-refractivity contribution in [2.24, 2.45) is 0 Å². The lowest BCUT2D eigenvalue weighted by Gasteiger charge is -2.42. The molecule has 2 atom stereocenters. The van der Waals surface area contributed by atoms with Crippen LogP contribution in [-0.2, 0) is 11.6 Å². The predicted octanol–water partition coefficient (Wildman–Crippen LogP) is 8.38. The van der Waals surface area contributed by atoms with Gasteiger partial charge in [-0.15, -0.1) is 13.3 Å². The van der Waals surface area contributed by atoms with Crippen LogP contribution < -0.4 is 0 Å². The van der Waals surface area contributed by atoms with Crippen molar-refractivity contribution in [1.29, 1.82) is 0 Å². The van der Waals surface area contributed by atoms with Crippen LogP contribution in [-0.4, -0.2) is 19.1 Å². The van der Waals surface area contributed by atoms with E-state index in [1.165, 1.54) is 16.7 Å². The molecule has 2 unspecified atom stereocenters. The van der Waals surface area contributed by atoms with Gasteiger partial charge in [0, 0.05) is 11.1 Å². The zero-order valence-corrected chi connectivity index (χ0v) is 21.5. The molecule has 176 valence electrons. The van der Waals surface area contributed by atoms with Crippen LogP contribution in [0.25, 0.3) is 5.57 Å². The monoisotopic (exact) mass is 478 g/mol. The van der Waals surface area contributed by atoms with Gasteiger partial charge in [0.05, 0.1) is 5.16 Å². The lowest BCUT2D eigenvalue weighted by Crippen LogP contribution is -2.31. The first kappa shape index (κ1) is 24.7. The molecule has 1 heterocycles. The molecule has 1 aliphatic heterocycles. The van der Waals surface area contributed by atoms with Gasteiger partial charge in [-0.3, -0.25) is 0 Å². The van der Waals surface area contributed by atoms with Gasteiger partial charge in [-0.25, -0.2) is 4.39 Å². The molecule has 4 rings (SSSR count). The quantitative estimate of drug-likeness (QED) is 0.222. The number of rotatable bonds is 6. The lowest BCUT2D eigenvalue weighted by molar-refractivity contribution is 0.561. The minimum Gasteiger partial charge on any atom is -0.247 e. The molecule has 0 nitrogen and oxygen atoms in total. The first-order valence-electron chi connectivity index (χ1n) is 12.1. The predicted molar refractivity (Wildman–Crippen MR) is 155 cm³/mol. The van der Waals surface area contributed by atoms with E-state index in [1.807, 2.05) is 25.2 Å². The molecule has 0 N–H and O–H groups in total. The topological polar surface area (TPSA) is 0 Å². The van der Waals surface area contributed by atoms with Gasteiger partial charge in [-0.2, -0.15) is 0 Å². The molecule has 0 aromatic heterocycles. The van der Waals surface area contributed by atoms with Crippen LogP contribution in [0.4, 0.5) is 4.39 Å². The number of alkyl halides is 1. The number of hydrogen-bond acceptors (Lipinski definition) is 0. The zero-order chi connectivity index (χ0) is 24.7. The van der Waals surface area contributed by atoms with E-state index >= 15 is 0 Å². The maximum absolute atomic E-state index is 13.1. The Morgan fingerprint density at radius 1 is 1.11 bits per heavy atom. The summed E-state index contributed by atoms with van der Waals surface area (Å²) in [6, 6.07) is 17.5. The summed E-state index contributed by atoms with van der Waals surface area (Å²) in [6.45, 7) is 7.81. The van der Waals surface area contributed by atoms with Gasteiger partial charge < -0.3 is 0 Å². The molecule has 0 saturated carbocycles. The minimum atomic E-state index is -1.11. The number of benzene rings is 2. The van der Waals surface area contributed by atoms with Crippen molar-refractivity contribution in [1.82, 2.24) is 0 Å². The molecular formula is C33H32FP. The molecule has 2 aromatic carbocycles. The molecule has 2 aromatic rings. The van der Waals surface area contributed by atoms with E-state index < -0.39 is 14.2 Å². The molecule has 35 heavy (non-hydrogen) atoms. The van der Waals surface area contributed by atoms with Crippen molar-refractivity contribution < 1.29 is 4.39 Å². The summed E-state index contributed by atoms with van der Waals surface area (Å²) in [5, 5.41) is -0.312. The largest absolute Gasteiger partial charge is 0.247 e. The van der Waals surface area contributed by atoms with E-state index in [2.05, 4.69) is 104 Å². The molecule has 2 heteroatoms. The van der Waals surface area contributed by atoms with Crippen LogP contribution in [0.5, 0.6) is 0 Å². The van der Waals surface area contributed by atoms with Gasteiger partial charge in [0.25, 0.3) is 0 Å². The normalized spacial score (nSPS) is 23.3. The first-order chi connectivity index (χ1) is 17.2. The summed E-state index contributed by atoms with van der Waals surface area (Å²) < 4.78 is 13.1. The number of halogens is 1. The van der Waals surface area contributed by atoms with E-state index in [0.717, 1.165) is 28.7 Å². The second-order valence-corrected chi connectivity index (χ2v) is 11.1. The average molecular weight is 479 g/mol. The SMILES string of the molecule is C=C/C=C(\C=C/CF)C1=C=C(/C=C\C=C/C)C2(c3ccccc3C/C=C\C=[PH]\2C)c2ccccc21. The Labute approximate surface area is 210 Å². The molecule has 1 aliphatic carbocycles. The van der Waals surface area contributed by atoms with Crippen molar-refractivity contribution >= 4 is 18.9 Å². The number of fused-ring (bicyclic) bond motifs is 4. The number of hydrogen-bond donors (Lipinski definition) is 0. The average Bonchev–Trinajstić information content (AvgIpc) is 2.88. The maximum Gasteiger partial charge on any atom is 0.108 e. The molecule has 0 fully saturated rings. The van der Waals surface area contributed by atoms with Crippen LogP contribution in [0.15, 0.2) is 133 Å². The maximum atomic E-state index is 13.1. The lowest BCUT2D eigenvalue weighted by atomic mass is 9.74. The molecule has 0 bridgehead atoms. The van der Waals surface area contributed by atoms with Crippen LogP contribution >= 0.6 is 7.55 Å². The highest BCUT2D eigenvalue weighted by Crippen LogP contribution is 2.60. The van der Waals surface area contributed by atoms with Gasteiger partial charge in [0.1, 0.15) is 6.67 Å². The van der Waals surface area contributed by atoms with Gasteiger partial charge in [-0.1, -0.05) is 116 Å². The van der Waals surface area contributed by atoms with Crippen LogP contribution in [0.2, 0.25) is 0 Å². The van der Waals surface area contributed by atoms with E-state index in [9.17, 15) is 4.39 Å². The summed E-state index contributed by atoms with van der Waals surface area (Å²) in [5.74, 6) is 2.41. The van der Waals surface area contributed by atoms with Gasteiger partial charge in [-0.05, 0) is 53.9 Å². The number of allylic oxidation sites excluding steroid dienone is 12. The Hall–Kier alpha value is -3.37. The smallest absolute Gasteiger partial charge is 0.108 e. The van der Waals surface area contributed by atoms with E-state index in [4.69, 9.17) is 0 Å². The Morgan fingerprint density at radius 3 is 2.66 bits per heavy atom. The second kappa shape index (κ2) is 11.4. The molecule has 0 saturated heterocycles. The molecule has 0 amide bonds. The molecular weight excluding hydrogens is 446 g/mol. The van der Waals surface area contributed by atoms with Crippen molar-refractivity contribution in [2.75, 3.05) is 13.3 Å². The summed E-state index contributed by atoms with van der Waals surface area (Å²) in [4.78, 5) is 0. The Bertz CT molecular complexity index is 1370. The highest BCUT2D eigenvalue weighted by atomic mass is 31.1. The Kier molecular flexibility index (Phi) is 8.04. The Morgan fingerprint density at radius 2 is 1.89 bits per heavy atom. The third-order valence-electron chi connectivity index (χ3n) is 6.64. The van der Waals surface area contributed by atoms with Crippen molar-refractivity contribution in [3.63, 3.8) is 0 Å². The fourth-order valence-corrected chi connectivity index (χ4v) is 7.73. The Balaban J connectivity index is 2.21. The summed E-state index contributed by atoms with van der Waals surface area (Å²) in [5.41, 5.74) is 12.0. The van der Waals surface area contributed by atoms with E-state index in [1.54, 1.807) is 12.2 Å².